The van der Waals surface area contributed by atoms with Crippen LogP contribution < -0.4 is 15.0 Å². The van der Waals surface area contributed by atoms with E-state index in [9.17, 15) is 13.2 Å². The van der Waals surface area contributed by atoms with Crippen molar-refractivity contribution in [3.63, 3.8) is 0 Å². The second kappa shape index (κ2) is 8.37. The van der Waals surface area contributed by atoms with Gasteiger partial charge in [-0.3, -0.25) is 4.79 Å². The lowest BCUT2D eigenvalue weighted by atomic mass is 10.2. The van der Waals surface area contributed by atoms with Gasteiger partial charge in [0.15, 0.2) is 0 Å². The third kappa shape index (κ3) is 4.46. The summed E-state index contributed by atoms with van der Waals surface area (Å²) in [6, 6.07) is 16.4. The molecule has 162 valence electrons. The van der Waals surface area contributed by atoms with E-state index in [4.69, 9.17) is 21.1 Å². The number of rotatable bonds is 6. The number of benzene rings is 2. The Morgan fingerprint density at radius 1 is 1.00 bits per heavy atom. The van der Waals surface area contributed by atoms with Gasteiger partial charge in [0.2, 0.25) is 10.0 Å². The molecule has 1 aromatic heterocycles. The van der Waals surface area contributed by atoms with Gasteiger partial charge in [0.25, 0.3) is 5.56 Å². The topological polar surface area (TPSA) is 77.8 Å². The first-order valence-corrected chi connectivity index (χ1v) is 11.4. The minimum absolute atomic E-state index is 0.168. The maximum atomic E-state index is 12.8. The third-order valence-electron chi connectivity index (χ3n) is 5.12. The Balaban J connectivity index is 1.39. The van der Waals surface area contributed by atoms with Crippen LogP contribution in [0.1, 0.15) is 5.69 Å². The molecule has 0 amide bonds. The first-order chi connectivity index (χ1) is 14.7. The molecule has 0 bridgehead atoms. The van der Waals surface area contributed by atoms with Crippen LogP contribution in [-0.4, -0.2) is 36.5 Å². The van der Waals surface area contributed by atoms with E-state index in [1.165, 1.54) is 27.1 Å². The van der Waals surface area contributed by atoms with E-state index in [0.29, 0.717) is 22.3 Å². The number of para-hydroxylation sites is 1. The second-order valence-electron chi connectivity index (χ2n) is 7.30. The van der Waals surface area contributed by atoms with Crippen LogP contribution in [0.25, 0.3) is 0 Å². The highest BCUT2D eigenvalue weighted by atomic mass is 35.5. The number of aromatic nitrogens is 1. The number of halogens is 1. The summed E-state index contributed by atoms with van der Waals surface area (Å²) >= 11 is 6.08. The molecule has 0 atom stereocenters. The average molecular weight is 461 g/mol. The Labute approximate surface area is 185 Å². The lowest BCUT2D eigenvalue weighted by Crippen LogP contribution is -2.56. The van der Waals surface area contributed by atoms with Crippen LogP contribution in [0.3, 0.4) is 0 Å². The molecule has 4 rings (SSSR count). The molecule has 2 aromatic carbocycles. The molecule has 1 fully saturated rings. The van der Waals surface area contributed by atoms with E-state index >= 15 is 0 Å². The van der Waals surface area contributed by atoms with Crippen LogP contribution in [0.2, 0.25) is 5.02 Å². The molecule has 2 heterocycles. The molecule has 9 heteroatoms. The van der Waals surface area contributed by atoms with Gasteiger partial charge >= 0.3 is 0 Å². The Bertz CT molecular complexity index is 1270. The third-order valence-corrected chi connectivity index (χ3v) is 7.28. The Morgan fingerprint density at radius 2 is 1.68 bits per heavy atom. The Morgan fingerprint density at radius 3 is 2.32 bits per heavy atom. The fraction of sp³-hybridized carbons (Fsp3) is 0.227. The van der Waals surface area contributed by atoms with Crippen LogP contribution >= 0.6 is 11.6 Å². The molecule has 0 radical (unpaired) electrons. The summed E-state index contributed by atoms with van der Waals surface area (Å²) in [7, 11) is -1.96. The number of pyridine rings is 1. The van der Waals surface area contributed by atoms with E-state index in [-0.39, 0.29) is 29.6 Å². The van der Waals surface area contributed by atoms with Gasteiger partial charge in [-0.1, -0.05) is 23.7 Å². The number of aryl methyl sites for hydroxylation is 1. The summed E-state index contributed by atoms with van der Waals surface area (Å²) in [4.78, 5) is 12.0. The highest BCUT2D eigenvalue weighted by Crippen LogP contribution is 2.30. The number of nitrogens with zero attached hydrogens (tertiary/aromatic N) is 2. The highest BCUT2D eigenvalue weighted by molar-refractivity contribution is 7.89. The van der Waals surface area contributed by atoms with E-state index < -0.39 is 10.0 Å². The van der Waals surface area contributed by atoms with Gasteiger partial charge in [-0.2, -0.15) is 4.31 Å². The largest absolute Gasteiger partial charge is 0.487 e. The maximum absolute atomic E-state index is 12.8. The molecule has 1 aliphatic heterocycles. The standard InChI is InChI=1S/C22H21ClN2O5S/c1-15-11-17(12-22(26)24(15)2)29-18-13-25(14-18)31(27,28)19-9-7-16(8-10-19)30-21-6-4-3-5-20(21)23/h3-12,18H,13-14H2,1-2H3. The maximum Gasteiger partial charge on any atom is 0.254 e. The van der Waals surface area contributed by atoms with Gasteiger partial charge in [-0.05, 0) is 49.4 Å². The zero-order chi connectivity index (χ0) is 22.2. The lowest BCUT2D eigenvalue weighted by Gasteiger charge is -2.37. The van der Waals surface area contributed by atoms with Crippen LogP contribution in [0.4, 0.5) is 0 Å². The SMILES string of the molecule is Cc1cc(OC2CN(S(=O)(=O)c3ccc(Oc4ccccc4Cl)cc3)C2)cc(=O)n1C. The van der Waals surface area contributed by atoms with Crippen molar-refractivity contribution in [2.45, 2.75) is 17.9 Å². The summed E-state index contributed by atoms with van der Waals surface area (Å²) < 4.78 is 40.0. The molecule has 0 N–H and O–H groups in total. The summed E-state index contributed by atoms with van der Waals surface area (Å²) in [6.45, 7) is 2.24. The highest BCUT2D eigenvalue weighted by Gasteiger charge is 2.38. The smallest absolute Gasteiger partial charge is 0.254 e. The van der Waals surface area contributed by atoms with Crippen molar-refractivity contribution in [3.05, 3.63) is 81.7 Å². The normalized spacial score (nSPS) is 14.8. The van der Waals surface area contributed by atoms with Gasteiger partial charge in [0.1, 0.15) is 23.4 Å². The van der Waals surface area contributed by atoms with Gasteiger partial charge < -0.3 is 14.0 Å². The van der Waals surface area contributed by atoms with Crippen molar-refractivity contribution in [1.29, 1.82) is 0 Å². The van der Waals surface area contributed by atoms with Crippen molar-refractivity contribution < 1.29 is 17.9 Å². The summed E-state index contributed by atoms with van der Waals surface area (Å²) in [5.74, 6) is 1.43. The van der Waals surface area contributed by atoms with E-state index in [2.05, 4.69) is 0 Å². The molecule has 0 aliphatic carbocycles. The minimum Gasteiger partial charge on any atom is -0.487 e. The molecule has 0 saturated carbocycles. The Kier molecular flexibility index (Phi) is 5.79. The zero-order valence-electron chi connectivity index (χ0n) is 17.0. The van der Waals surface area contributed by atoms with Crippen LogP contribution in [0.15, 0.2) is 70.4 Å². The fourth-order valence-corrected chi connectivity index (χ4v) is 4.83. The number of ether oxygens (including phenoxy) is 2. The molecule has 0 unspecified atom stereocenters. The fourth-order valence-electron chi connectivity index (χ4n) is 3.15. The molecule has 0 spiro atoms. The van der Waals surface area contributed by atoms with Gasteiger partial charge in [-0.15, -0.1) is 0 Å². The second-order valence-corrected chi connectivity index (χ2v) is 9.64. The number of sulfonamides is 1. The van der Waals surface area contributed by atoms with Gasteiger partial charge in [-0.25, -0.2) is 8.42 Å². The zero-order valence-corrected chi connectivity index (χ0v) is 18.6. The van der Waals surface area contributed by atoms with Crippen molar-refractivity contribution >= 4 is 21.6 Å². The van der Waals surface area contributed by atoms with Crippen molar-refractivity contribution in [2.75, 3.05) is 13.1 Å². The quantitative estimate of drug-likeness (QED) is 0.561. The van der Waals surface area contributed by atoms with Crippen LogP contribution in [0, 0.1) is 6.92 Å². The number of hydrogen-bond acceptors (Lipinski definition) is 5. The summed E-state index contributed by atoms with van der Waals surface area (Å²) in [6.07, 6.45) is -0.302. The molecule has 3 aromatic rings. The van der Waals surface area contributed by atoms with Gasteiger partial charge in [0.05, 0.1) is 23.0 Å². The molecule has 1 aliphatic rings. The molecule has 7 nitrogen and oxygen atoms in total. The number of hydrogen-bond donors (Lipinski definition) is 0. The van der Waals surface area contributed by atoms with Gasteiger partial charge in [0, 0.05) is 18.8 Å². The minimum atomic E-state index is -3.64. The van der Waals surface area contributed by atoms with Crippen LogP contribution in [-0.2, 0) is 17.1 Å². The molecule has 31 heavy (non-hydrogen) atoms. The van der Waals surface area contributed by atoms with Crippen molar-refractivity contribution in [3.8, 4) is 17.2 Å². The van der Waals surface area contributed by atoms with E-state index in [1.807, 2.05) is 6.92 Å². The summed E-state index contributed by atoms with van der Waals surface area (Å²) in [5.41, 5.74) is 0.600. The predicted octanol–water partition coefficient (Wildman–Crippen LogP) is 3.59. The molecular formula is C22H21ClN2O5S. The monoisotopic (exact) mass is 460 g/mol. The molecule has 1 saturated heterocycles. The van der Waals surface area contributed by atoms with Crippen molar-refractivity contribution in [1.82, 2.24) is 8.87 Å². The summed E-state index contributed by atoms with van der Waals surface area (Å²) in [5, 5.41) is 0.470. The average Bonchev–Trinajstić information content (AvgIpc) is 2.70. The Hall–Kier alpha value is -2.81. The first kappa shape index (κ1) is 21.4. The lowest BCUT2D eigenvalue weighted by molar-refractivity contribution is 0.0759. The predicted molar refractivity (Wildman–Crippen MR) is 118 cm³/mol. The van der Waals surface area contributed by atoms with Crippen molar-refractivity contribution in [2.24, 2.45) is 7.05 Å². The van der Waals surface area contributed by atoms with E-state index in [0.717, 1.165) is 5.69 Å². The first-order valence-electron chi connectivity index (χ1n) is 9.61. The van der Waals surface area contributed by atoms with E-state index in [1.54, 1.807) is 49.5 Å². The molecular weight excluding hydrogens is 440 g/mol. The van der Waals surface area contributed by atoms with Crippen LogP contribution in [0.5, 0.6) is 17.2 Å².